The number of ether oxygens (including phenoxy) is 1. The Morgan fingerprint density at radius 3 is 2.50 bits per heavy atom. The Morgan fingerprint density at radius 1 is 1.11 bits per heavy atom. The number of hydrogen-bond acceptors (Lipinski definition) is 4. The van der Waals surface area contributed by atoms with Gasteiger partial charge < -0.3 is 15.0 Å². The number of para-hydroxylation sites is 1. The summed E-state index contributed by atoms with van der Waals surface area (Å²) in [6.45, 7) is 4.66. The molecule has 3 rings (SSSR count). The summed E-state index contributed by atoms with van der Waals surface area (Å²) in [5.74, 6) is 0.579. The van der Waals surface area contributed by atoms with Gasteiger partial charge in [0.25, 0.3) is 5.91 Å². The molecule has 1 N–H and O–H groups in total. The summed E-state index contributed by atoms with van der Waals surface area (Å²) >= 11 is 6.07. The number of piperazine rings is 1. The standard InChI is InChI=1S/C21H24ClN3O3/c1-15-7-8-16(13-19(15)28-2)21(27)25-11-9-24(10-12-25)14-20(26)23-18-6-4-3-5-17(18)22/h3-8,13H,9-12,14H2,1-2H3,(H,23,26). The van der Waals surface area contributed by atoms with Crippen molar-refractivity contribution >= 4 is 29.1 Å². The van der Waals surface area contributed by atoms with Gasteiger partial charge in [0.1, 0.15) is 5.75 Å². The average Bonchev–Trinajstić information content (AvgIpc) is 2.70. The smallest absolute Gasteiger partial charge is 0.254 e. The lowest BCUT2D eigenvalue weighted by Crippen LogP contribution is -2.50. The molecule has 1 saturated heterocycles. The van der Waals surface area contributed by atoms with E-state index in [0.29, 0.717) is 48.2 Å². The van der Waals surface area contributed by atoms with Crippen LogP contribution in [0, 0.1) is 6.92 Å². The van der Waals surface area contributed by atoms with Crippen molar-refractivity contribution in [3.8, 4) is 5.75 Å². The maximum Gasteiger partial charge on any atom is 0.254 e. The normalized spacial score (nSPS) is 14.6. The maximum absolute atomic E-state index is 12.7. The maximum atomic E-state index is 12.7. The van der Waals surface area contributed by atoms with Crippen LogP contribution in [0.5, 0.6) is 5.75 Å². The Bertz CT molecular complexity index is 864. The molecule has 0 saturated carbocycles. The van der Waals surface area contributed by atoms with Crippen molar-refractivity contribution < 1.29 is 14.3 Å². The summed E-state index contributed by atoms with van der Waals surface area (Å²) < 4.78 is 5.31. The number of aryl methyl sites for hydroxylation is 1. The van der Waals surface area contributed by atoms with Crippen LogP contribution in [0.4, 0.5) is 5.69 Å². The number of carbonyl (C=O) groups excluding carboxylic acids is 2. The highest BCUT2D eigenvalue weighted by Crippen LogP contribution is 2.21. The van der Waals surface area contributed by atoms with Gasteiger partial charge in [0.2, 0.25) is 5.91 Å². The Hall–Kier alpha value is -2.57. The third-order valence-corrected chi connectivity index (χ3v) is 5.16. The molecule has 0 aliphatic carbocycles. The number of nitrogens with zero attached hydrogens (tertiary/aromatic N) is 2. The SMILES string of the molecule is COc1cc(C(=O)N2CCN(CC(=O)Nc3ccccc3Cl)CC2)ccc1C. The van der Waals surface area contributed by atoms with Gasteiger partial charge in [-0.15, -0.1) is 0 Å². The van der Waals surface area contributed by atoms with Crippen LogP contribution >= 0.6 is 11.6 Å². The van der Waals surface area contributed by atoms with Crippen molar-refractivity contribution in [3.63, 3.8) is 0 Å². The third kappa shape index (κ3) is 4.82. The molecule has 28 heavy (non-hydrogen) atoms. The van der Waals surface area contributed by atoms with Crippen LogP contribution in [-0.2, 0) is 4.79 Å². The minimum atomic E-state index is -0.115. The Balaban J connectivity index is 1.52. The predicted octanol–water partition coefficient (Wildman–Crippen LogP) is 3.05. The predicted molar refractivity (Wildman–Crippen MR) is 110 cm³/mol. The number of amides is 2. The number of rotatable bonds is 5. The Morgan fingerprint density at radius 2 is 1.82 bits per heavy atom. The largest absolute Gasteiger partial charge is 0.496 e. The summed E-state index contributed by atoms with van der Waals surface area (Å²) in [5, 5.41) is 3.34. The van der Waals surface area contributed by atoms with Crippen molar-refractivity contribution in [3.05, 3.63) is 58.6 Å². The third-order valence-electron chi connectivity index (χ3n) is 4.83. The minimum Gasteiger partial charge on any atom is -0.496 e. The molecule has 148 valence electrons. The molecule has 0 aromatic heterocycles. The lowest BCUT2D eigenvalue weighted by molar-refractivity contribution is -0.117. The second-order valence-corrected chi connectivity index (χ2v) is 7.19. The van der Waals surface area contributed by atoms with Crippen molar-refractivity contribution in [2.24, 2.45) is 0 Å². The average molecular weight is 402 g/mol. The van der Waals surface area contributed by atoms with Crippen LogP contribution in [0.15, 0.2) is 42.5 Å². The van der Waals surface area contributed by atoms with Gasteiger partial charge in [0, 0.05) is 31.7 Å². The van der Waals surface area contributed by atoms with Crippen LogP contribution in [0.2, 0.25) is 5.02 Å². The van der Waals surface area contributed by atoms with Crippen molar-refractivity contribution in [2.75, 3.05) is 45.2 Å². The van der Waals surface area contributed by atoms with Gasteiger partial charge in [-0.25, -0.2) is 0 Å². The first-order valence-electron chi connectivity index (χ1n) is 9.18. The molecule has 0 spiro atoms. The van der Waals surface area contributed by atoms with Gasteiger partial charge in [-0.1, -0.05) is 29.8 Å². The minimum absolute atomic E-state index is 0.0153. The summed E-state index contributed by atoms with van der Waals surface area (Å²) in [7, 11) is 1.60. The lowest BCUT2D eigenvalue weighted by atomic mass is 10.1. The fourth-order valence-corrected chi connectivity index (χ4v) is 3.38. The molecule has 2 aromatic carbocycles. The Labute approximate surface area is 170 Å². The molecule has 2 amide bonds. The molecule has 6 nitrogen and oxygen atoms in total. The molecule has 2 aromatic rings. The number of anilines is 1. The van der Waals surface area contributed by atoms with Gasteiger partial charge in [-0.05, 0) is 36.8 Å². The van der Waals surface area contributed by atoms with Crippen molar-refractivity contribution in [2.45, 2.75) is 6.92 Å². The van der Waals surface area contributed by atoms with E-state index in [2.05, 4.69) is 5.32 Å². The molecular weight excluding hydrogens is 378 g/mol. The Kier molecular flexibility index (Phi) is 6.54. The van der Waals surface area contributed by atoms with Crippen molar-refractivity contribution in [1.82, 2.24) is 9.80 Å². The summed E-state index contributed by atoms with van der Waals surface area (Å²) in [4.78, 5) is 28.9. The molecule has 1 aliphatic heterocycles. The molecule has 1 aliphatic rings. The van der Waals surface area contributed by atoms with Crippen LogP contribution < -0.4 is 10.1 Å². The van der Waals surface area contributed by atoms with Crippen molar-refractivity contribution in [1.29, 1.82) is 0 Å². The van der Waals surface area contributed by atoms with E-state index in [1.165, 1.54) is 0 Å². The van der Waals surface area contributed by atoms with E-state index in [9.17, 15) is 9.59 Å². The topological polar surface area (TPSA) is 61.9 Å². The highest BCUT2D eigenvalue weighted by atomic mass is 35.5. The first-order chi connectivity index (χ1) is 13.5. The summed E-state index contributed by atoms with van der Waals surface area (Å²) in [5.41, 5.74) is 2.22. The van der Waals surface area contributed by atoms with Crippen LogP contribution in [-0.4, -0.2) is 61.4 Å². The van der Waals surface area contributed by atoms with Gasteiger partial charge in [0.05, 0.1) is 24.4 Å². The first kappa shape index (κ1) is 20.2. The first-order valence-corrected chi connectivity index (χ1v) is 9.56. The number of halogens is 1. The van der Waals surface area contributed by atoms with E-state index in [0.717, 1.165) is 5.56 Å². The highest BCUT2D eigenvalue weighted by Gasteiger charge is 2.24. The number of benzene rings is 2. The van der Waals surface area contributed by atoms with Crippen LogP contribution in [0.1, 0.15) is 15.9 Å². The van der Waals surface area contributed by atoms with E-state index in [1.807, 2.05) is 41.0 Å². The molecule has 1 heterocycles. The number of carbonyl (C=O) groups is 2. The highest BCUT2D eigenvalue weighted by molar-refractivity contribution is 6.33. The molecule has 1 fully saturated rings. The van der Waals surface area contributed by atoms with Gasteiger partial charge in [-0.3, -0.25) is 14.5 Å². The molecule has 7 heteroatoms. The zero-order valence-electron chi connectivity index (χ0n) is 16.1. The molecule has 0 radical (unpaired) electrons. The van der Waals surface area contributed by atoms with E-state index in [1.54, 1.807) is 25.3 Å². The molecular formula is C21H24ClN3O3. The monoisotopic (exact) mass is 401 g/mol. The summed E-state index contributed by atoms with van der Waals surface area (Å²) in [6, 6.07) is 12.6. The number of hydrogen-bond donors (Lipinski definition) is 1. The van der Waals surface area contributed by atoms with Gasteiger partial charge >= 0.3 is 0 Å². The zero-order chi connectivity index (χ0) is 20.1. The van der Waals surface area contributed by atoms with Gasteiger partial charge in [-0.2, -0.15) is 0 Å². The molecule has 0 unspecified atom stereocenters. The number of methoxy groups -OCH3 is 1. The van der Waals surface area contributed by atoms with E-state index < -0.39 is 0 Å². The van der Waals surface area contributed by atoms with Gasteiger partial charge in [0.15, 0.2) is 0 Å². The molecule has 0 bridgehead atoms. The van der Waals surface area contributed by atoms with E-state index in [-0.39, 0.29) is 18.4 Å². The fraction of sp³-hybridized carbons (Fsp3) is 0.333. The quantitative estimate of drug-likeness (QED) is 0.836. The van der Waals surface area contributed by atoms with Crippen LogP contribution in [0.25, 0.3) is 0 Å². The fourth-order valence-electron chi connectivity index (χ4n) is 3.20. The molecule has 0 atom stereocenters. The van der Waals surface area contributed by atoms with E-state index >= 15 is 0 Å². The second kappa shape index (κ2) is 9.08. The zero-order valence-corrected chi connectivity index (χ0v) is 16.8. The second-order valence-electron chi connectivity index (χ2n) is 6.78. The summed E-state index contributed by atoms with van der Waals surface area (Å²) in [6.07, 6.45) is 0. The van der Waals surface area contributed by atoms with E-state index in [4.69, 9.17) is 16.3 Å². The lowest BCUT2D eigenvalue weighted by Gasteiger charge is -2.34. The number of nitrogens with one attached hydrogen (secondary N) is 1. The van der Waals surface area contributed by atoms with Crippen LogP contribution in [0.3, 0.4) is 0 Å².